The summed E-state index contributed by atoms with van der Waals surface area (Å²) >= 11 is 6.03. The van der Waals surface area contributed by atoms with E-state index < -0.39 is 18.5 Å². The predicted octanol–water partition coefficient (Wildman–Crippen LogP) is 3.90. The van der Waals surface area contributed by atoms with Gasteiger partial charge in [0.25, 0.3) is 5.91 Å². The summed E-state index contributed by atoms with van der Waals surface area (Å²) in [6.07, 6.45) is 4.98. The highest BCUT2D eigenvalue weighted by Gasteiger charge is 2.47. The molecule has 3 amide bonds. The number of nitrogens with one attached hydrogen (secondary N) is 1. The minimum Gasteiger partial charge on any atom is -0.452 e. The number of hydrogen-bond acceptors (Lipinski definition) is 5. The molecular weight excluding hydrogens is 432 g/mol. The molecule has 0 saturated carbocycles. The van der Waals surface area contributed by atoms with Crippen molar-refractivity contribution < 1.29 is 23.9 Å². The van der Waals surface area contributed by atoms with E-state index in [0.717, 1.165) is 5.56 Å². The molecule has 1 aliphatic carbocycles. The third kappa shape index (κ3) is 4.29. The molecule has 1 fully saturated rings. The first-order chi connectivity index (χ1) is 15.3. The Hall–Kier alpha value is -3.45. The van der Waals surface area contributed by atoms with Crippen molar-refractivity contribution >= 4 is 46.7 Å². The number of rotatable bonds is 5. The van der Waals surface area contributed by atoms with Crippen molar-refractivity contribution in [2.45, 2.75) is 19.8 Å². The third-order valence-electron chi connectivity index (χ3n) is 5.66. The smallest absolute Gasteiger partial charge is 0.338 e. The van der Waals surface area contributed by atoms with Crippen molar-refractivity contribution in [2.24, 2.45) is 11.8 Å². The van der Waals surface area contributed by atoms with E-state index in [1.807, 2.05) is 19.1 Å². The summed E-state index contributed by atoms with van der Waals surface area (Å²) in [4.78, 5) is 50.9. The van der Waals surface area contributed by atoms with Crippen molar-refractivity contribution in [1.29, 1.82) is 0 Å². The van der Waals surface area contributed by atoms with Gasteiger partial charge in [-0.15, -0.1) is 0 Å². The molecule has 8 heteroatoms. The van der Waals surface area contributed by atoms with Gasteiger partial charge in [-0.3, -0.25) is 19.3 Å². The van der Waals surface area contributed by atoms with Gasteiger partial charge in [0.1, 0.15) is 0 Å². The summed E-state index contributed by atoms with van der Waals surface area (Å²) < 4.78 is 5.06. The summed E-state index contributed by atoms with van der Waals surface area (Å²) in [7, 11) is 0. The van der Waals surface area contributed by atoms with Crippen LogP contribution in [0.25, 0.3) is 0 Å². The summed E-state index contributed by atoms with van der Waals surface area (Å²) in [5, 5.41) is 3.13. The van der Waals surface area contributed by atoms with Crippen molar-refractivity contribution in [1.82, 2.24) is 0 Å². The SMILES string of the molecule is Cc1ccc(NC(=O)COC(=O)c2ccc(N3C(=O)[C@H]4CC=CC[C@@H]4C3=O)cc2)cc1Cl. The summed E-state index contributed by atoms with van der Waals surface area (Å²) in [6, 6.07) is 11.1. The number of ether oxygens (including phenoxy) is 1. The quantitative estimate of drug-likeness (QED) is 0.422. The summed E-state index contributed by atoms with van der Waals surface area (Å²) in [5.41, 5.74) is 2.01. The number of allylic oxidation sites excluding steroid dienone is 2. The lowest BCUT2D eigenvalue weighted by Crippen LogP contribution is -2.30. The molecule has 0 unspecified atom stereocenters. The normalized spacial score (nSPS) is 19.6. The zero-order chi connectivity index (χ0) is 22.8. The van der Waals surface area contributed by atoms with Gasteiger partial charge >= 0.3 is 5.97 Å². The zero-order valence-corrected chi connectivity index (χ0v) is 18.1. The topological polar surface area (TPSA) is 92.8 Å². The van der Waals surface area contributed by atoms with E-state index in [1.54, 1.807) is 18.2 Å². The number of carbonyl (C=O) groups is 4. The lowest BCUT2D eigenvalue weighted by Gasteiger charge is -2.15. The number of amides is 3. The fourth-order valence-corrected chi connectivity index (χ4v) is 4.06. The van der Waals surface area contributed by atoms with Crippen LogP contribution in [-0.2, 0) is 19.1 Å². The average Bonchev–Trinajstić information content (AvgIpc) is 3.05. The van der Waals surface area contributed by atoms with Gasteiger partial charge in [-0.25, -0.2) is 4.79 Å². The summed E-state index contributed by atoms with van der Waals surface area (Å²) in [6.45, 7) is 1.38. The Bertz CT molecular complexity index is 1100. The molecular formula is C24H21ClN2O5. The van der Waals surface area contributed by atoms with Crippen LogP contribution in [0.15, 0.2) is 54.6 Å². The Kier molecular flexibility index (Phi) is 6.10. The van der Waals surface area contributed by atoms with Crippen LogP contribution in [0, 0.1) is 18.8 Å². The number of carbonyl (C=O) groups excluding carboxylic acids is 4. The molecule has 0 aromatic heterocycles. The molecule has 0 bridgehead atoms. The van der Waals surface area contributed by atoms with Gasteiger partial charge in [-0.2, -0.15) is 0 Å². The molecule has 1 N–H and O–H groups in total. The number of esters is 1. The van der Waals surface area contributed by atoms with Gasteiger partial charge in [-0.05, 0) is 61.7 Å². The highest BCUT2D eigenvalue weighted by molar-refractivity contribution is 6.31. The molecule has 2 atom stereocenters. The van der Waals surface area contributed by atoms with Crippen LogP contribution in [0.1, 0.15) is 28.8 Å². The molecule has 7 nitrogen and oxygen atoms in total. The molecule has 164 valence electrons. The molecule has 2 aromatic carbocycles. The van der Waals surface area contributed by atoms with Crippen molar-refractivity contribution in [3.8, 4) is 0 Å². The van der Waals surface area contributed by atoms with E-state index in [9.17, 15) is 19.2 Å². The molecule has 0 radical (unpaired) electrons. The molecule has 4 rings (SSSR count). The fourth-order valence-electron chi connectivity index (χ4n) is 3.88. The maximum atomic E-state index is 12.7. The zero-order valence-electron chi connectivity index (χ0n) is 17.3. The molecule has 0 spiro atoms. The number of halogens is 1. The van der Waals surface area contributed by atoms with Crippen LogP contribution in [0.5, 0.6) is 0 Å². The predicted molar refractivity (Wildman–Crippen MR) is 119 cm³/mol. The average molecular weight is 453 g/mol. The maximum Gasteiger partial charge on any atom is 0.338 e. The number of nitrogens with zero attached hydrogens (tertiary/aromatic N) is 1. The Balaban J connectivity index is 1.35. The molecule has 1 aliphatic heterocycles. The number of hydrogen-bond donors (Lipinski definition) is 1. The molecule has 1 heterocycles. The van der Waals surface area contributed by atoms with Crippen LogP contribution in [0.3, 0.4) is 0 Å². The van der Waals surface area contributed by atoms with E-state index in [4.69, 9.17) is 16.3 Å². The van der Waals surface area contributed by atoms with E-state index in [2.05, 4.69) is 5.32 Å². The largest absolute Gasteiger partial charge is 0.452 e. The maximum absolute atomic E-state index is 12.7. The monoisotopic (exact) mass is 452 g/mol. The lowest BCUT2D eigenvalue weighted by atomic mass is 9.85. The third-order valence-corrected chi connectivity index (χ3v) is 6.07. The molecule has 1 saturated heterocycles. The second-order valence-electron chi connectivity index (χ2n) is 7.80. The van der Waals surface area contributed by atoms with Crippen LogP contribution < -0.4 is 10.2 Å². The van der Waals surface area contributed by atoms with Gasteiger partial charge in [0, 0.05) is 10.7 Å². The minimum absolute atomic E-state index is 0.207. The number of imide groups is 1. The second-order valence-corrected chi connectivity index (χ2v) is 8.21. The first-order valence-corrected chi connectivity index (χ1v) is 10.6. The van der Waals surface area contributed by atoms with Crippen molar-refractivity contribution in [3.63, 3.8) is 0 Å². The molecule has 2 aliphatic rings. The Morgan fingerprint density at radius 2 is 1.66 bits per heavy atom. The first-order valence-electron chi connectivity index (χ1n) is 10.2. The Morgan fingerprint density at radius 1 is 1.03 bits per heavy atom. The van der Waals surface area contributed by atoms with E-state index in [-0.39, 0.29) is 29.2 Å². The number of benzene rings is 2. The highest BCUT2D eigenvalue weighted by Crippen LogP contribution is 2.37. The van der Waals surface area contributed by atoms with Crippen molar-refractivity contribution in [2.75, 3.05) is 16.8 Å². The van der Waals surface area contributed by atoms with Gasteiger partial charge < -0.3 is 10.1 Å². The fraction of sp³-hybridized carbons (Fsp3) is 0.250. The van der Waals surface area contributed by atoms with Gasteiger partial charge in [-0.1, -0.05) is 29.8 Å². The highest BCUT2D eigenvalue weighted by atomic mass is 35.5. The first kappa shape index (κ1) is 21.8. The van der Waals surface area contributed by atoms with Crippen LogP contribution in [0.2, 0.25) is 5.02 Å². The van der Waals surface area contributed by atoms with Crippen LogP contribution in [0.4, 0.5) is 11.4 Å². The number of aryl methyl sites for hydroxylation is 1. The van der Waals surface area contributed by atoms with E-state index in [1.165, 1.54) is 29.2 Å². The van der Waals surface area contributed by atoms with Gasteiger partial charge in [0.05, 0.1) is 23.1 Å². The molecule has 2 aromatic rings. The number of fused-ring (bicyclic) bond motifs is 1. The van der Waals surface area contributed by atoms with Gasteiger partial charge in [0.15, 0.2) is 6.61 Å². The Labute approximate surface area is 190 Å². The van der Waals surface area contributed by atoms with Crippen LogP contribution in [-0.4, -0.2) is 30.3 Å². The molecule has 32 heavy (non-hydrogen) atoms. The number of anilines is 2. The standard InChI is InChI=1S/C24H21ClN2O5/c1-14-6-9-16(12-20(14)25)26-21(28)13-32-24(31)15-7-10-17(11-8-15)27-22(29)18-4-2-3-5-19(18)23(27)30/h2-3,6-12,18-19H,4-5,13H2,1H3,(H,26,28)/t18-,19-/m0/s1. The lowest BCUT2D eigenvalue weighted by molar-refractivity contribution is -0.122. The minimum atomic E-state index is -0.689. The van der Waals surface area contributed by atoms with Crippen LogP contribution >= 0.6 is 11.6 Å². The van der Waals surface area contributed by atoms with Gasteiger partial charge in [0.2, 0.25) is 11.8 Å². The van der Waals surface area contributed by atoms with E-state index in [0.29, 0.717) is 29.2 Å². The Morgan fingerprint density at radius 3 is 2.25 bits per heavy atom. The van der Waals surface area contributed by atoms with E-state index >= 15 is 0 Å². The second kappa shape index (κ2) is 8.96. The van der Waals surface area contributed by atoms with Crippen molar-refractivity contribution in [3.05, 3.63) is 70.8 Å². The summed E-state index contributed by atoms with van der Waals surface area (Å²) in [5.74, 6) is -2.26.